The summed E-state index contributed by atoms with van der Waals surface area (Å²) in [5.41, 5.74) is 2.61. The van der Waals surface area contributed by atoms with Crippen LogP contribution in [0.15, 0.2) is 48.5 Å². The zero-order chi connectivity index (χ0) is 23.3. The first-order valence-corrected chi connectivity index (χ1v) is 13.2. The van der Waals surface area contributed by atoms with Gasteiger partial charge in [-0.25, -0.2) is 0 Å². The van der Waals surface area contributed by atoms with Gasteiger partial charge in [0.15, 0.2) is 0 Å². The van der Waals surface area contributed by atoms with Gasteiger partial charge in [-0.3, -0.25) is 0 Å². The number of hydrogen-bond acceptors (Lipinski definition) is 2. The first-order valence-electron chi connectivity index (χ1n) is 13.2. The number of aromatic hydroxyl groups is 2. The van der Waals surface area contributed by atoms with E-state index >= 15 is 0 Å². The molecule has 0 aliphatic carbocycles. The van der Waals surface area contributed by atoms with Gasteiger partial charge in [0, 0.05) is 0 Å². The Morgan fingerprint density at radius 2 is 1.00 bits per heavy atom. The molecule has 0 spiro atoms. The van der Waals surface area contributed by atoms with E-state index in [1.165, 1.54) is 101 Å². The molecule has 0 fully saturated rings. The van der Waals surface area contributed by atoms with Crippen molar-refractivity contribution in [2.24, 2.45) is 0 Å². The topological polar surface area (TPSA) is 40.5 Å². The third-order valence-electron chi connectivity index (χ3n) is 6.08. The van der Waals surface area contributed by atoms with Crippen LogP contribution in [0.25, 0.3) is 0 Å². The fourth-order valence-corrected chi connectivity index (χ4v) is 4.10. The lowest BCUT2D eigenvalue weighted by molar-refractivity contribution is 0.464. The molecule has 2 N–H and O–H groups in total. The Balaban J connectivity index is 0.000000616. The number of hydrogen-bond donors (Lipinski definition) is 2. The van der Waals surface area contributed by atoms with Crippen molar-refractivity contribution in [3.63, 3.8) is 0 Å². The van der Waals surface area contributed by atoms with Gasteiger partial charge in [0.05, 0.1) is 0 Å². The van der Waals surface area contributed by atoms with E-state index < -0.39 is 0 Å². The maximum atomic E-state index is 10.3. The first kappa shape index (κ1) is 28.1. The molecule has 0 amide bonds. The van der Waals surface area contributed by atoms with Gasteiger partial charge < -0.3 is 10.2 Å². The number of unbranched alkanes of at least 4 members (excludes halogenated alkanes) is 12. The van der Waals surface area contributed by atoms with Crippen molar-refractivity contribution >= 4 is 0 Å². The lowest BCUT2D eigenvalue weighted by Crippen LogP contribution is -1.96. The van der Waals surface area contributed by atoms with E-state index in [-0.39, 0.29) is 0 Å². The summed E-state index contributed by atoms with van der Waals surface area (Å²) in [5, 5.41) is 18.9. The molecule has 0 heterocycles. The highest BCUT2D eigenvalue weighted by Gasteiger charge is 2.07. The zero-order valence-electron chi connectivity index (χ0n) is 20.8. The molecule has 0 atom stereocenters. The predicted molar refractivity (Wildman–Crippen MR) is 140 cm³/mol. The molecule has 0 radical (unpaired) electrons. The normalized spacial score (nSPS) is 10.6. The second kappa shape index (κ2) is 19.7. The Morgan fingerprint density at radius 3 is 1.50 bits per heavy atom. The van der Waals surface area contributed by atoms with Gasteiger partial charge in [0.2, 0.25) is 0 Å². The maximum absolute atomic E-state index is 10.3. The number of para-hydroxylation sites is 1. The third kappa shape index (κ3) is 14.2. The average Bonchev–Trinajstić information content (AvgIpc) is 2.80. The van der Waals surface area contributed by atoms with E-state index in [0.717, 1.165) is 12.8 Å². The Hall–Kier alpha value is -1.96. The lowest BCUT2D eigenvalue weighted by atomic mass is 9.95. The summed E-state index contributed by atoms with van der Waals surface area (Å²) in [6.07, 6.45) is 21.0. The summed E-state index contributed by atoms with van der Waals surface area (Å²) in [6.45, 7) is 4.54. The van der Waals surface area contributed by atoms with Crippen LogP contribution in [-0.4, -0.2) is 10.2 Å². The molecule has 2 nitrogen and oxygen atoms in total. The molecular formula is C30H48O2. The fourth-order valence-electron chi connectivity index (χ4n) is 4.10. The van der Waals surface area contributed by atoms with Gasteiger partial charge in [-0.2, -0.15) is 0 Å². The molecule has 0 saturated heterocycles. The van der Waals surface area contributed by atoms with Crippen LogP contribution >= 0.6 is 0 Å². The van der Waals surface area contributed by atoms with Gasteiger partial charge >= 0.3 is 0 Å². The van der Waals surface area contributed by atoms with Crippen molar-refractivity contribution in [2.75, 3.05) is 0 Å². The Bertz CT molecular complexity index is 666. The minimum Gasteiger partial charge on any atom is -0.508 e. The highest BCUT2D eigenvalue weighted by atomic mass is 16.3. The molecule has 0 unspecified atom stereocenters. The quantitative estimate of drug-likeness (QED) is 0.255. The van der Waals surface area contributed by atoms with Crippen molar-refractivity contribution < 1.29 is 10.2 Å². The summed E-state index contributed by atoms with van der Waals surface area (Å²) in [7, 11) is 0. The molecule has 2 rings (SSSR count). The third-order valence-corrected chi connectivity index (χ3v) is 6.08. The van der Waals surface area contributed by atoms with Crippen molar-refractivity contribution in [1.29, 1.82) is 0 Å². The van der Waals surface area contributed by atoms with Crippen LogP contribution in [0.5, 0.6) is 11.5 Å². The highest BCUT2D eigenvalue weighted by molar-refractivity contribution is 5.39. The minimum absolute atomic E-state index is 0.322. The van der Waals surface area contributed by atoms with Gasteiger partial charge in [0.1, 0.15) is 11.5 Å². The van der Waals surface area contributed by atoms with Crippen LogP contribution in [0.1, 0.15) is 115 Å². The summed E-state index contributed by atoms with van der Waals surface area (Å²) < 4.78 is 0. The van der Waals surface area contributed by atoms with Crippen molar-refractivity contribution in [1.82, 2.24) is 0 Å². The SMILES string of the molecule is CCCCCCCCCc1cccc(O)c1CCCCCCCCC.Oc1ccccc1. The average molecular weight is 441 g/mol. The van der Waals surface area contributed by atoms with Gasteiger partial charge in [-0.15, -0.1) is 0 Å². The number of phenolic OH excluding ortho intramolecular Hbond substituents is 2. The summed E-state index contributed by atoms with van der Waals surface area (Å²) in [5.74, 6) is 0.842. The van der Waals surface area contributed by atoms with E-state index in [2.05, 4.69) is 19.9 Å². The summed E-state index contributed by atoms with van der Waals surface area (Å²) in [4.78, 5) is 0. The lowest BCUT2D eigenvalue weighted by Gasteiger charge is -2.12. The molecule has 2 heteroatoms. The van der Waals surface area contributed by atoms with Crippen molar-refractivity contribution in [3.8, 4) is 11.5 Å². The van der Waals surface area contributed by atoms with Gasteiger partial charge in [-0.1, -0.05) is 121 Å². The second-order valence-electron chi connectivity index (χ2n) is 8.99. The Kier molecular flexibility index (Phi) is 17.3. The number of aryl methyl sites for hydroxylation is 1. The predicted octanol–water partition coefficient (Wildman–Crippen LogP) is 9.37. The number of phenols is 2. The highest BCUT2D eigenvalue weighted by Crippen LogP contribution is 2.25. The molecule has 0 bridgehead atoms. The Morgan fingerprint density at radius 1 is 0.500 bits per heavy atom. The number of rotatable bonds is 16. The van der Waals surface area contributed by atoms with Crippen molar-refractivity contribution in [2.45, 2.75) is 117 Å². The van der Waals surface area contributed by atoms with E-state index in [4.69, 9.17) is 5.11 Å². The van der Waals surface area contributed by atoms with Gasteiger partial charge in [0.25, 0.3) is 0 Å². The molecule has 0 aromatic heterocycles. The first-order chi connectivity index (χ1) is 15.7. The minimum atomic E-state index is 0.322. The molecular weight excluding hydrogens is 392 g/mol. The van der Waals surface area contributed by atoms with E-state index in [0.29, 0.717) is 11.5 Å². The summed E-state index contributed by atoms with van der Waals surface area (Å²) in [6, 6.07) is 14.8. The molecule has 32 heavy (non-hydrogen) atoms. The van der Waals surface area contributed by atoms with E-state index in [1.54, 1.807) is 24.3 Å². The van der Waals surface area contributed by atoms with Crippen LogP contribution in [-0.2, 0) is 12.8 Å². The molecule has 2 aromatic rings. The fraction of sp³-hybridized carbons (Fsp3) is 0.600. The zero-order valence-corrected chi connectivity index (χ0v) is 20.8. The summed E-state index contributed by atoms with van der Waals surface area (Å²) >= 11 is 0. The largest absolute Gasteiger partial charge is 0.508 e. The van der Waals surface area contributed by atoms with Crippen LogP contribution in [0, 0.1) is 0 Å². The monoisotopic (exact) mass is 440 g/mol. The van der Waals surface area contributed by atoms with Crippen LogP contribution < -0.4 is 0 Å². The van der Waals surface area contributed by atoms with Crippen molar-refractivity contribution in [3.05, 3.63) is 59.7 Å². The maximum Gasteiger partial charge on any atom is 0.119 e. The smallest absolute Gasteiger partial charge is 0.119 e. The number of benzene rings is 2. The van der Waals surface area contributed by atoms with Crippen LogP contribution in [0.4, 0.5) is 0 Å². The molecule has 2 aromatic carbocycles. The second-order valence-corrected chi connectivity index (χ2v) is 8.99. The van der Waals surface area contributed by atoms with Crippen LogP contribution in [0.2, 0.25) is 0 Å². The molecule has 0 aliphatic heterocycles. The standard InChI is InChI=1S/C24H42O.C6H6O/c1-3-5-7-9-11-13-15-18-22-19-17-21-24(25)23(22)20-16-14-12-10-8-6-4-2;7-6-4-2-1-3-5-6/h17,19,21,25H,3-16,18,20H2,1-2H3;1-5,7H. The molecule has 180 valence electrons. The molecule has 0 aliphatic rings. The van der Waals surface area contributed by atoms with Gasteiger partial charge in [-0.05, 0) is 55.0 Å². The van der Waals surface area contributed by atoms with Crippen LogP contribution in [0.3, 0.4) is 0 Å². The Labute approximate surface area is 198 Å². The van der Waals surface area contributed by atoms with E-state index in [1.807, 2.05) is 18.2 Å². The van der Waals surface area contributed by atoms with E-state index in [9.17, 15) is 5.11 Å². The molecule has 0 saturated carbocycles.